The first-order valence-electron chi connectivity index (χ1n) is 9.82. The highest BCUT2D eigenvalue weighted by atomic mass is 16.5. The van der Waals surface area contributed by atoms with Gasteiger partial charge in [0.05, 0.1) is 30.2 Å². The lowest BCUT2D eigenvalue weighted by Crippen LogP contribution is -2.38. The highest BCUT2D eigenvalue weighted by molar-refractivity contribution is 5.97. The zero-order valence-corrected chi connectivity index (χ0v) is 16.5. The molecule has 9 heteroatoms. The maximum absolute atomic E-state index is 12.5. The molecular weight excluding hydrogens is 378 g/mol. The lowest BCUT2D eigenvalue weighted by atomic mass is 9.93. The van der Waals surface area contributed by atoms with Gasteiger partial charge in [-0.15, -0.1) is 0 Å². The van der Waals surface area contributed by atoms with Crippen LogP contribution < -0.4 is 10.6 Å². The van der Waals surface area contributed by atoms with Crippen molar-refractivity contribution < 1.29 is 29.0 Å². The number of hydrogen-bond donors (Lipinski definition) is 3. The van der Waals surface area contributed by atoms with E-state index in [0.717, 1.165) is 13.0 Å². The number of nitrogens with one attached hydrogen (secondary N) is 2. The normalized spacial score (nSPS) is 19.2. The standard InChI is InChI=1S/C20H27N3O6/c1-28-19(25)14-2-3-16(17(11-14)21-12-15-6-9-29-15)22-18(24)10-13-4-7-23(8-5-13)20(26)27/h2-3,11,13,15,21H,4-10,12H2,1H3,(H,22,24)(H,26,27)/t15-/m0/s1. The van der Waals surface area contributed by atoms with Gasteiger partial charge in [0.2, 0.25) is 5.91 Å². The van der Waals surface area contributed by atoms with Gasteiger partial charge in [0, 0.05) is 32.7 Å². The zero-order chi connectivity index (χ0) is 20.8. The van der Waals surface area contributed by atoms with Gasteiger partial charge < -0.3 is 30.1 Å². The molecule has 0 radical (unpaired) electrons. The molecule has 0 saturated carbocycles. The van der Waals surface area contributed by atoms with Gasteiger partial charge in [-0.2, -0.15) is 0 Å². The van der Waals surface area contributed by atoms with E-state index in [1.807, 2.05) is 0 Å². The Morgan fingerprint density at radius 1 is 1.21 bits per heavy atom. The lowest BCUT2D eigenvalue weighted by molar-refractivity contribution is -0.117. The molecule has 0 unspecified atom stereocenters. The number of piperidine rings is 1. The Bertz CT molecular complexity index is 757. The Balaban J connectivity index is 1.61. The smallest absolute Gasteiger partial charge is 0.407 e. The van der Waals surface area contributed by atoms with E-state index < -0.39 is 12.1 Å². The number of carbonyl (C=O) groups excluding carboxylic acids is 2. The summed E-state index contributed by atoms with van der Waals surface area (Å²) >= 11 is 0. The molecule has 1 aromatic carbocycles. The molecule has 0 aromatic heterocycles. The van der Waals surface area contributed by atoms with E-state index >= 15 is 0 Å². The number of anilines is 2. The summed E-state index contributed by atoms with van der Waals surface area (Å²) in [5, 5.41) is 15.2. The number of methoxy groups -OCH3 is 1. The number of amides is 2. The molecule has 0 bridgehead atoms. The van der Waals surface area contributed by atoms with Crippen LogP contribution in [-0.2, 0) is 14.3 Å². The number of likely N-dealkylation sites (tertiary alicyclic amines) is 1. The van der Waals surface area contributed by atoms with Gasteiger partial charge in [-0.3, -0.25) is 4.79 Å². The third-order valence-electron chi connectivity index (χ3n) is 5.39. The van der Waals surface area contributed by atoms with Crippen LogP contribution in [0.4, 0.5) is 16.2 Å². The van der Waals surface area contributed by atoms with Crippen molar-refractivity contribution in [3.63, 3.8) is 0 Å². The number of carboxylic acid groups (broad SMARTS) is 1. The van der Waals surface area contributed by atoms with Crippen molar-refractivity contribution in [2.24, 2.45) is 5.92 Å². The fourth-order valence-corrected chi connectivity index (χ4v) is 3.51. The molecule has 2 aliphatic rings. The second kappa shape index (κ2) is 9.60. The Hall–Kier alpha value is -2.81. The number of carbonyl (C=O) groups is 3. The summed E-state index contributed by atoms with van der Waals surface area (Å²) in [5.41, 5.74) is 1.62. The molecule has 9 nitrogen and oxygen atoms in total. The number of esters is 1. The predicted octanol–water partition coefficient (Wildman–Crippen LogP) is 2.39. The lowest BCUT2D eigenvalue weighted by Gasteiger charge is -2.29. The molecule has 1 atom stereocenters. The Kier molecular flexibility index (Phi) is 6.92. The summed E-state index contributed by atoms with van der Waals surface area (Å²) in [7, 11) is 1.32. The predicted molar refractivity (Wildman–Crippen MR) is 106 cm³/mol. The summed E-state index contributed by atoms with van der Waals surface area (Å²) in [6.07, 6.45) is 1.86. The largest absolute Gasteiger partial charge is 0.465 e. The highest BCUT2D eigenvalue weighted by Crippen LogP contribution is 2.27. The molecular formula is C20H27N3O6. The van der Waals surface area contributed by atoms with Crippen LogP contribution >= 0.6 is 0 Å². The molecule has 2 amide bonds. The number of benzene rings is 1. The van der Waals surface area contributed by atoms with Crippen LogP contribution in [-0.4, -0.2) is 67.4 Å². The first-order valence-corrected chi connectivity index (χ1v) is 9.82. The molecule has 1 aromatic rings. The van der Waals surface area contributed by atoms with E-state index in [9.17, 15) is 14.4 Å². The summed E-state index contributed by atoms with van der Waals surface area (Å²) in [5.74, 6) is -0.428. The van der Waals surface area contributed by atoms with Crippen molar-refractivity contribution in [2.75, 3.05) is 44.0 Å². The van der Waals surface area contributed by atoms with Crippen LogP contribution in [0.2, 0.25) is 0 Å². The van der Waals surface area contributed by atoms with Crippen molar-refractivity contribution in [2.45, 2.75) is 31.8 Å². The van der Waals surface area contributed by atoms with E-state index in [0.29, 0.717) is 55.8 Å². The summed E-state index contributed by atoms with van der Waals surface area (Å²) < 4.78 is 10.2. The Morgan fingerprint density at radius 2 is 1.93 bits per heavy atom. The second-order valence-corrected chi connectivity index (χ2v) is 7.38. The monoisotopic (exact) mass is 405 g/mol. The topological polar surface area (TPSA) is 117 Å². The first kappa shape index (κ1) is 20.9. The van der Waals surface area contributed by atoms with Crippen LogP contribution in [0.25, 0.3) is 0 Å². The minimum Gasteiger partial charge on any atom is -0.465 e. The molecule has 2 fully saturated rings. The summed E-state index contributed by atoms with van der Waals surface area (Å²) in [6, 6.07) is 4.95. The minimum atomic E-state index is -0.912. The van der Waals surface area contributed by atoms with Crippen molar-refractivity contribution in [3.8, 4) is 0 Å². The Labute approximate surface area is 169 Å². The van der Waals surface area contributed by atoms with Crippen LogP contribution in [0.3, 0.4) is 0 Å². The van der Waals surface area contributed by atoms with Crippen molar-refractivity contribution in [3.05, 3.63) is 23.8 Å². The number of rotatable bonds is 7. The number of ether oxygens (including phenoxy) is 2. The van der Waals surface area contributed by atoms with Gasteiger partial charge in [0.15, 0.2) is 0 Å². The van der Waals surface area contributed by atoms with Crippen LogP contribution in [0.15, 0.2) is 18.2 Å². The van der Waals surface area contributed by atoms with Crippen LogP contribution in [0, 0.1) is 5.92 Å². The maximum atomic E-state index is 12.5. The SMILES string of the molecule is COC(=O)c1ccc(NC(=O)CC2CCN(C(=O)O)CC2)c(NC[C@@H]2CCO2)c1. The second-order valence-electron chi connectivity index (χ2n) is 7.38. The average molecular weight is 405 g/mol. The zero-order valence-electron chi connectivity index (χ0n) is 16.5. The van der Waals surface area contributed by atoms with Crippen LogP contribution in [0.5, 0.6) is 0 Å². The van der Waals surface area contributed by atoms with Crippen molar-refractivity contribution >= 4 is 29.3 Å². The van der Waals surface area contributed by atoms with E-state index in [1.165, 1.54) is 12.0 Å². The van der Waals surface area contributed by atoms with Gasteiger partial charge >= 0.3 is 12.1 Å². The van der Waals surface area contributed by atoms with Crippen molar-refractivity contribution in [1.82, 2.24) is 4.90 Å². The molecule has 3 rings (SSSR count). The van der Waals surface area contributed by atoms with E-state index in [4.69, 9.17) is 14.6 Å². The molecule has 2 heterocycles. The van der Waals surface area contributed by atoms with Crippen molar-refractivity contribution in [1.29, 1.82) is 0 Å². The number of nitrogens with zero attached hydrogens (tertiary/aromatic N) is 1. The third-order valence-corrected chi connectivity index (χ3v) is 5.39. The van der Waals surface area contributed by atoms with Gasteiger partial charge in [-0.05, 0) is 43.4 Å². The van der Waals surface area contributed by atoms with Gasteiger partial charge in [0.1, 0.15) is 0 Å². The van der Waals surface area contributed by atoms with E-state index in [2.05, 4.69) is 10.6 Å². The van der Waals surface area contributed by atoms with Gasteiger partial charge in [0.25, 0.3) is 0 Å². The molecule has 0 spiro atoms. The minimum absolute atomic E-state index is 0.125. The number of hydrogen-bond acceptors (Lipinski definition) is 6. The first-order chi connectivity index (χ1) is 14.0. The summed E-state index contributed by atoms with van der Waals surface area (Å²) in [6.45, 7) is 2.24. The fraction of sp³-hybridized carbons (Fsp3) is 0.550. The van der Waals surface area contributed by atoms with Gasteiger partial charge in [-0.1, -0.05) is 0 Å². The molecule has 3 N–H and O–H groups in total. The fourth-order valence-electron chi connectivity index (χ4n) is 3.51. The van der Waals surface area contributed by atoms with Gasteiger partial charge in [-0.25, -0.2) is 9.59 Å². The molecule has 2 aliphatic heterocycles. The van der Waals surface area contributed by atoms with E-state index in [-0.39, 0.29) is 17.9 Å². The van der Waals surface area contributed by atoms with Crippen LogP contribution in [0.1, 0.15) is 36.0 Å². The Morgan fingerprint density at radius 3 is 2.52 bits per heavy atom. The molecule has 158 valence electrons. The quantitative estimate of drug-likeness (QED) is 0.596. The summed E-state index contributed by atoms with van der Waals surface area (Å²) in [4.78, 5) is 36.7. The highest BCUT2D eigenvalue weighted by Gasteiger charge is 2.24. The van der Waals surface area contributed by atoms with E-state index in [1.54, 1.807) is 18.2 Å². The average Bonchev–Trinajstić information content (AvgIpc) is 2.67. The molecule has 0 aliphatic carbocycles. The molecule has 2 saturated heterocycles. The molecule has 29 heavy (non-hydrogen) atoms. The maximum Gasteiger partial charge on any atom is 0.407 e. The third kappa shape index (κ3) is 5.60.